The van der Waals surface area contributed by atoms with Crippen LogP contribution in [0.15, 0.2) is 18.2 Å². The molecular formula is C24H33N3O5. The molecule has 1 aromatic rings. The van der Waals surface area contributed by atoms with Gasteiger partial charge in [0.15, 0.2) is 11.5 Å². The molecule has 2 fully saturated rings. The van der Waals surface area contributed by atoms with Gasteiger partial charge < -0.3 is 24.6 Å². The first-order valence-electron chi connectivity index (χ1n) is 11.7. The van der Waals surface area contributed by atoms with Gasteiger partial charge in [-0.25, -0.2) is 0 Å². The van der Waals surface area contributed by atoms with Gasteiger partial charge in [0.05, 0.1) is 5.92 Å². The SMILES string of the molecule is CC(C)C[C@@H](NC(=O)C1CC(=O)N(c2ccc3c(c2)OCCO3)C1)C(=O)N1CCCCC1. The predicted octanol–water partition coefficient (Wildman–Crippen LogP) is 2.35. The number of rotatable bonds is 6. The second-order valence-corrected chi connectivity index (χ2v) is 9.31. The molecule has 174 valence electrons. The fourth-order valence-corrected chi connectivity index (χ4v) is 4.65. The third-order valence-electron chi connectivity index (χ3n) is 6.32. The Morgan fingerprint density at radius 2 is 1.81 bits per heavy atom. The normalized spacial score (nSPS) is 21.6. The van der Waals surface area contributed by atoms with E-state index in [1.165, 1.54) is 0 Å². The summed E-state index contributed by atoms with van der Waals surface area (Å²) in [5.74, 6) is 0.721. The molecule has 8 heteroatoms. The Morgan fingerprint density at radius 1 is 1.09 bits per heavy atom. The first-order chi connectivity index (χ1) is 15.4. The highest BCUT2D eigenvalue weighted by Crippen LogP contribution is 2.36. The van der Waals surface area contributed by atoms with Crippen LogP contribution in [0.3, 0.4) is 0 Å². The Bertz CT molecular complexity index is 865. The van der Waals surface area contributed by atoms with E-state index in [-0.39, 0.29) is 36.6 Å². The third-order valence-corrected chi connectivity index (χ3v) is 6.32. The Kier molecular flexibility index (Phi) is 6.86. The van der Waals surface area contributed by atoms with Crippen molar-refractivity contribution in [3.05, 3.63) is 18.2 Å². The smallest absolute Gasteiger partial charge is 0.245 e. The zero-order valence-corrected chi connectivity index (χ0v) is 19.0. The van der Waals surface area contributed by atoms with E-state index in [1.54, 1.807) is 17.0 Å². The molecule has 2 saturated heterocycles. The third kappa shape index (κ3) is 5.00. The maximum absolute atomic E-state index is 13.1. The van der Waals surface area contributed by atoms with Crippen LogP contribution >= 0.6 is 0 Å². The summed E-state index contributed by atoms with van der Waals surface area (Å²) in [6, 6.07) is 4.85. The number of hydrogen-bond donors (Lipinski definition) is 1. The summed E-state index contributed by atoms with van der Waals surface area (Å²) in [5, 5.41) is 2.98. The van der Waals surface area contributed by atoms with Gasteiger partial charge in [0, 0.05) is 37.8 Å². The highest BCUT2D eigenvalue weighted by molar-refractivity contribution is 6.01. The number of piperidine rings is 1. The monoisotopic (exact) mass is 443 g/mol. The van der Waals surface area contributed by atoms with Gasteiger partial charge in [0.25, 0.3) is 0 Å². The summed E-state index contributed by atoms with van der Waals surface area (Å²) in [6.07, 6.45) is 3.89. The van der Waals surface area contributed by atoms with Crippen LogP contribution in [0.1, 0.15) is 46.0 Å². The number of amides is 3. The molecule has 3 amide bonds. The number of nitrogens with zero attached hydrogens (tertiary/aromatic N) is 2. The van der Waals surface area contributed by atoms with Gasteiger partial charge in [-0.2, -0.15) is 0 Å². The molecule has 1 aromatic carbocycles. The molecule has 3 heterocycles. The van der Waals surface area contributed by atoms with Gasteiger partial charge in [-0.1, -0.05) is 13.8 Å². The van der Waals surface area contributed by atoms with Gasteiger partial charge >= 0.3 is 0 Å². The largest absolute Gasteiger partial charge is 0.486 e. The van der Waals surface area contributed by atoms with E-state index in [9.17, 15) is 14.4 Å². The molecule has 1 unspecified atom stereocenters. The number of nitrogens with one attached hydrogen (secondary N) is 1. The lowest BCUT2D eigenvalue weighted by atomic mass is 9.99. The molecule has 1 N–H and O–H groups in total. The maximum atomic E-state index is 13.1. The first kappa shape index (κ1) is 22.4. The lowest BCUT2D eigenvalue weighted by Gasteiger charge is -2.31. The van der Waals surface area contributed by atoms with Crippen LogP contribution in [0.25, 0.3) is 0 Å². The fraction of sp³-hybridized carbons (Fsp3) is 0.625. The molecule has 0 aromatic heterocycles. The minimum Gasteiger partial charge on any atom is -0.486 e. The Morgan fingerprint density at radius 3 is 2.53 bits per heavy atom. The quantitative estimate of drug-likeness (QED) is 0.729. The van der Waals surface area contributed by atoms with Crippen molar-refractivity contribution in [2.75, 3.05) is 37.7 Å². The standard InChI is InChI=1S/C24H33N3O5/c1-16(2)12-19(24(30)26-8-4-3-5-9-26)25-23(29)17-13-22(28)27(15-17)18-6-7-20-21(14-18)32-11-10-31-20/h6-7,14,16-17,19H,3-5,8-13,15H2,1-2H3,(H,25,29)/t17?,19-/m1/s1. The van der Waals surface area contributed by atoms with Crippen molar-refractivity contribution >= 4 is 23.4 Å². The Balaban J connectivity index is 1.42. The van der Waals surface area contributed by atoms with Crippen molar-refractivity contribution in [2.45, 2.75) is 52.0 Å². The second-order valence-electron chi connectivity index (χ2n) is 9.31. The molecule has 3 aliphatic rings. The van der Waals surface area contributed by atoms with Crippen molar-refractivity contribution in [1.82, 2.24) is 10.2 Å². The Labute approximate surface area is 189 Å². The molecule has 4 rings (SSSR count). The zero-order chi connectivity index (χ0) is 22.7. The van der Waals surface area contributed by atoms with Crippen LogP contribution < -0.4 is 19.7 Å². The number of carbonyl (C=O) groups excluding carboxylic acids is 3. The van der Waals surface area contributed by atoms with E-state index < -0.39 is 12.0 Å². The molecule has 8 nitrogen and oxygen atoms in total. The van der Waals surface area contributed by atoms with E-state index in [4.69, 9.17) is 9.47 Å². The van der Waals surface area contributed by atoms with Gasteiger partial charge in [-0.3, -0.25) is 14.4 Å². The summed E-state index contributed by atoms with van der Waals surface area (Å²) in [5.41, 5.74) is 0.692. The molecule has 0 saturated carbocycles. The van der Waals surface area contributed by atoms with Crippen LogP contribution in [-0.4, -0.2) is 61.5 Å². The number of ether oxygens (including phenoxy) is 2. The highest BCUT2D eigenvalue weighted by atomic mass is 16.6. The minimum absolute atomic E-state index is 0.000217. The molecular weight excluding hydrogens is 410 g/mol. The number of hydrogen-bond acceptors (Lipinski definition) is 5. The summed E-state index contributed by atoms with van der Waals surface area (Å²) >= 11 is 0. The minimum atomic E-state index is -0.543. The number of likely N-dealkylation sites (tertiary alicyclic amines) is 1. The summed E-state index contributed by atoms with van der Waals surface area (Å²) in [4.78, 5) is 42.3. The van der Waals surface area contributed by atoms with Crippen LogP contribution in [-0.2, 0) is 14.4 Å². The molecule has 0 aliphatic carbocycles. The number of carbonyl (C=O) groups is 3. The molecule has 0 spiro atoms. The Hall–Kier alpha value is -2.77. The van der Waals surface area contributed by atoms with Gasteiger partial charge in [-0.15, -0.1) is 0 Å². The van der Waals surface area contributed by atoms with E-state index in [1.807, 2.05) is 24.8 Å². The van der Waals surface area contributed by atoms with Crippen molar-refractivity contribution < 1.29 is 23.9 Å². The van der Waals surface area contributed by atoms with Crippen molar-refractivity contribution in [2.24, 2.45) is 11.8 Å². The van der Waals surface area contributed by atoms with Gasteiger partial charge in [0.2, 0.25) is 17.7 Å². The van der Waals surface area contributed by atoms with Crippen LogP contribution in [0.5, 0.6) is 11.5 Å². The van der Waals surface area contributed by atoms with E-state index in [0.29, 0.717) is 36.8 Å². The summed E-state index contributed by atoms with van der Waals surface area (Å²) in [6.45, 7) is 6.86. The average molecular weight is 444 g/mol. The van der Waals surface area contributed by atoms with E-state index in [0.717, 1.165) is 32.4 Å². The number of anilines is 1. The lowest BCUT2D eigenvalue weighted by molar-refractivity contribution is -0.138. The summed E-state index contributed by atoms with van der Waals surface area (Å²) < 4.78 is 11.2. The molecule has 0 radical (unpaired) electrons. The molecule has 3 aliphatic heterocycles. The predicted molar refractivity (Wildman–Crippen MR) is 120 cm³/mol. The highest BCUT2D eigenvalue weighted by Gasteiger charge is 2.37. The molecule has 32 heavy (non-hydrogen) atoms. The van der Waals surface area contributed by atoms with Gasteiger partial charge in [0.1, 0.15) is 19.3 Å². The van der Waals surface area contributed by atoms with Gasteiger partial charge in [-0.05, 0) is 43.7 Å². The fourth-order valence-electron chi connectivity index (χ4n) is 4.65. The number of fused-ring (bicyclic) bond motifs is 1. The van der Waals surface area contributed by atoms with Crippen molar-refractivity contribution in [3.63, 3.8) is 0 Å². The topological polar surface area (TPSA) is 88.2 Å². The average Bonchev–Trinajstić information content (AvgIpc) is 3.20. The second kappa shape index (κ2) is 9.79. The van der Waals surface area contributed by atoms with Crippen molar-refractivity contribution in [3.8, 4) is 11.5 Å². The van der Waals surface area contributed by atoms with Crippen LogP contribution in [0.2, 0.25) is 0 Å². The van der Waals surface area contributed by atoms with E-state index >= 15 is 0 Å². The summed E-state index contributed by atoms with van der Waals surface area (Å²) in [7, 11) is 0. The van der Waals surface area contributed by atoms with Crippen molar-refractivity contribution in [1.29, 1.82) is 0 Å². The lowest BCUT2D eigenvalue weighted by Crippen LogP contribution is -2.51. The van der Waals surface area contributed by atoms with E-state index in [2.05, 4.69) is 5.32 Å². The first-order valence-corrected chi connectivity index (χ1v) is 11.7. The number of benzene rings is 1. The molecule has 0 bridgehead atoms. The molecule has 2 atom stereocenters. The zero-order valence-electron chi connectivity index (χ0n) is 19.0. The maximum Gasteiger partial charge on any atom is 0.245 e. The van der Waals surface area contributed by atoms with Crippen LogP contribution in [0, 0.1) is 11.8 Å². The van der Waals surface area contributed by atoms with Crippen LogP contribution in [0.4, 0.5) is 5.69 Å².